The number of hydrogen-bond acceptors (Lipinski definition) is 5. The average molecular weight is 285 g/mol. The van der Waals surface area contributed by atoms with Crippen molar-refractivity contribution in [3.63, 3.8) is 0 Å². The zero-order valence-electron chi connectivity index (χ0n) is 11.7. The Morgan fingerprint density at radius 2 is 2.14 bits per heavy atom. The summed E-state index contributed by atoms with van der Waals surface area (Å²) in [4.78, 5) is 16.2. The van der Waals surface area contributed by atoms with Gasteiger partial charge in [-0.25, -0.2) is 4.98 Å². The van der Waals surface area contributed by atoms with Gasteiger partial charge in [0.15, 0.2) is 0 Å². The molecule has 0 aliphatic heterocycles. The highest BCUT2D eigenvalue weighted by molar-refractivity contribution is 6.06. The Labute approximate surface area is 122 Å². The lowest BCUT2D eigenvalue weighted by atomic mass is 10.1. The highest BCUT2D eigenvalue weighted by Gasteiger charge is 2.13. The molecule has 2 N–H and O–H groups in total. The molecule has 0 spiro atoms. The molecule has 1 heterocycles. The summed E-state index contributed by atoms with van der Waals surface area (Å²) in [5, 5.41) is 14.7. The second kappa shape index (κ2) is 6.51. The highest BCUT2D eigenvalue weighted by Crippen LogP contribution is 2.17. The Kier molecular flexibility index (Phi) is 4.50. The van der Waals surface area contributed by atoms with Crippen molar-refractivity contribution in [2.45, 2.75) is 6.92 Å². The lowest BCUT2D eigenvalue weighted by molar-refractivity contribution is 0.102. The molecular formula is C15H15N3O3. The van der Waals surface area contributed by atoms with Gasteiger partial charge in [-0.3, -0.25) is 4.79 Å². The summed E-state index contributed by atoms with van der Waals surface area (Å²) in [6.07, 6.45) is 1.55. The molecule has 0 fully saturated rings. The third kappa shape index (κ3) is 3.36. The molecule has 1 aromatic carbocycles. The van der Waals surface area contributed by atoms with Gasteiger partial charge in [0.2, 0.25) is 5.88 Å². The maximum Gasteiger partial charge on any atom is 0.261 e. The van der Waals surface area contributed by atoms with E-state index >= 15 is 0 Å². The van der Waals surface area contributed by atoms with Crippen molar-refractivity contribution < 1.29 is 14.7 Å². The molecule has 2 rings (SSSR count). The number of oxime groups is 1. The van der Waals surface area contributed by atoms with Gasteiger partial charge in [0.1, 0.15) is 5.56 Å². The zero-order valence-corrected chi connectivity index (χ0v) is 11.7. The van der Waals surface area contributed by atoms with E-state index in [1.165, 1.54) is 7.11 Å². The number of amides is 1. The fourth-order valence-corrected chi connectivity index (χ4v) is 1.80. The molecule has 0 atom stereocenters. The topological polar surface area (TPSA) is 83.8 Å². The van der Waals surface area contributed by atoms with Crippen LogP contribution in [0.25, 0.3) is 0 Å². The Morgan fingerprint density at radius 1 is 1.33 bits per heavy atom. The minimum atomic E-state index is -0.323. The number of nitrogens with one attached hydrogen (secondary N) is 1. The minimum absolute atomic E-state index is 0.263. The van der Waals surface area contributed by atoms with Crippen LogP contribution in [0.2, 0.25) is 0 Å². The standard InChI is InChI=1S/C15H15N3O3/c1-10(18-20)11-5-3-6-12(9-11)17-14(19)13-7-4-8-16-15(13)21-2/h3-9,20H,1-2H3,(H,17,19). The summed E-state index contributed by atoms with van der Waals surface area (Å²) in [7, 11) is 1.46. The van der Waals surface area contributed by atoms with Crippen LogP contribution in [-0.4, -0.2) is 28.9 Å². The molecule has 0 bridgehead atoms. The van der Waals surface area contributed by atoms with Crippen LogP contribution in [0.1, 0.15) is 22.8 Å². The largest absolute Gasteiger partial charge is 0.480 e. The molecule has 0 radical (unpaired) electrons. The SMILES string of the molecule is COc1ncccc1C(=O)Nc1cccc(C(C)=NO)c1. The van der Waals surface area contributed by atoms with Gasteiger partial charge in [0, 0.05) is 17.4 Å². The summed E-state index contributed by atoms with van der Waals surface area (Å²) in [5.74, 6) is -0.0602. The van der Waals surface area contributed by atoms with Gasteiger partial charge >= 0.3 is 0 Å². The number of ether oxygens (including phenoxy) is 1. The number of hydrogen-bond donors (Lipinski definition) is 2. The Hall–Kier alpha value is -2.89. The Morgan fingerprint density at radius 3 is 2.86 bits per heavy atom. The van der Waals surface area contributed by atoms with Crippen molar-refractivity contribution in [2.75, 3.05) is 12.4 Å². The monoisotopic (exact) mass is 285 g/mol. The predicted octanol–water partition coefficient (Wildman–Crippen LogP) is 2.54. The van der Waals surface area contributed by atoms with Crippen molar-refractivity contribution >= 4 is 17.3 Å². The van der Waals surface area contributed by atoms with Crippen LogP contribution in [0.15, 0.2) is 47.8 Å². The predicted molar refractivity (Wildman–Crippen MR) is 79.2 cm³/mol. The zero-order chi connectivity index (χ0) is 15.2. The third-order valence-corrected chi connectivity index (χ3v) is 2.90. The van der Waals surface area contributed by atoms with Gasteiger partial charge in [0.25, 0.3) is 5.91 Å². The van der Waals surface area contributed by atoms with Crippen LogP contribution < -0.4 is 10.1 Å². The lowest BCUT2D eigenvalue weighted by Crippen LogP contribution is -2.14. The quantitative estimate of drug-likeness (QED) is 0.513. The highest BCUT2D eigenvalue weighted by atomic mass is 16.5. The van der Waals surface area contributed by atoms with E-state index < -0.39 is 0 Å². The molecule has 0 unspecified atom stereocenters. The van der Waals surface area contributed by atoms with Crippen molar-refractivity contribution in [1.29, 1.82) is 0 Å². The Bertz CT molecular complexity index is 683. The number of rotatable bonds is 4. The van der Waals surface area contributed by atoms with Gasteiger partial charge in [0.05, 0.1) is 12.8 Å². The van der Waals surface area contributed by atoms with E-state index in [-0.39, 0.29) is 11.8 Å². The minimum Gasteiger partial charge on any atom is -0.480 e. The number of methoxy groups -OCH3 is 1. The fourth-order valence-electron chi connectivity index (χ4n) is 1.80. The first-order valence-electron chi connectivity index (χ1n) is 6.25. The van der Waals surface area contributed by atoms with Crippen molar-refractivity contribution in [3.8, 4) is 5.88 Å². The number of pyridine rings is 1. The summed E-state index contributed by atoms with van der Waals surface area (Å²) >= 11 is 0. The first-order chi connectivity index (χ1) is 10.2. The number of carbonyl (C=O) groups is 1. The third-order valence-electron chi connectivity index (χ3n) is 2.90. The van der Waals surface area contributed by atoms with Gasteiger partial charge in [-0.1, -0.05) is 17.3 Å². The molecule has 0 saturated carbocycles. The van der Waals surface area contributed by atoms with E-state index in [0.29, 0.717) is 22.5 Å². The summed E-state index contributed by atoms with van der Waals surface area (Å²) in [6.45, 7) is 1.67. The van der Waals surface area contributed by atoms with Crippen LogP contribution in [0, 0.1) is 0 Å². The average Bonchev–Trinajstić information content (AvgIpc) is 2.54. The van der Waals surface area contributed by atoms with Crippen LogP contribution >= 0.6 is 0 Å². The molecule has 1 amide bonds. The number of anilines is 1. The maximum atomic E-state index is 12.2. The van der Waals surface area contributed by atoms with Crippen LogP contribution in [0.5, 0.6) is 5.88 Å². The van der Waals surface area contributed by atoms with Crippen molar-refractivity contribution in [2.24, 2.45) is 5.16 Å². The second-order valence-corrected chi connectivity index (χ2v) is 4.28. The van der Waals surface area contributed by atoms with Gasteiger partial charge in [-0.15, -0.1) is 0 Å². The summed E-state index contributed by atoms with van der Waals surface area (Å²) < 4.78 is 5.06. The molecule has 0 saturated heterocycles. The van der Waals surface area contributed by atoms with E-state index in [0.717, 1.165) is 0 Å². The fraction of sp³-hybridized carbons (Fsp3) is 0.133. The molecule has 6 nitrogen and oxygen atoms in total. The first kappa shape index (κ1) is 14.5. The number of nitrogens with zero attached hydrogens (tertiary/aromatic N) is 2. The van der Waals surface area contributed by atoms with Crippen LogP contribution in [0.3, 0.4) is 0 Å². The van der Waals surface area contributed by atoms with E-state index in [2.05, 4.69) is 15.5 Å². The summed E-state index contributed by atoms with van der Waals surface area (Å²) in [5.41, 5.74) is 2.11. The molecule has 1 aromatic heterocycles. The van der Waals surface area contributed by atoms with Gasteiger partial charge in [-0.2, -0.15) is 0 Å². The molecule has 0 aliphatic rings. The lowest BCUT2D eigenvalue weighted by Gasteiger charge is -2.09. The van der Waals surface area contributed by atoms with Gasteiger partial charge in [-0.05, 0) is 31.2 Å². The van der Waals surface area contributed by atoms with E-state index in [1.807, 2.05) is 0 Å². The first-order valence-corrected chi connectivity index (χ1v) is 6.25. The number of carbonyl (C=O) groups excluding carboxylic acids is 1. The van der Waals surface area contributed by atoms with Gasteiger partial charge < -0.3 is 15.3 Å². The Balaban J connectivity index is 2.24. The molecule has 2 aromatic rings. The van der Waals surface area contributed by atoms with Crippen LogP contribution in [-0.2, 0) is 0 Å². The van der Waals surface area contributed by atoms with E-state index in [9.17, 15) is 4.79 Å². The smallest absolute Gasteiger partial charge is 0.261 e. The number of benzene rings is 1. The molecule has 0 aliphatic carbocycles. The van der Waals surface area contributed by atoms with Crippen molar-refractivity contribution in [3.05, 3.63) is 53.7 Å². The van der Waals surface area contributed by atoms with Crippen molar-refractivity contribution in [1.82, 2.24) is 4.98 Å². The number of aromatic nitrogens is 1. The second-order valence-electron chi connectivity index (χ2n) is 4.28. The van der Waals surface area contributed by atoms with Crippen LogP contribution in [0.4, 0.5) is 5.69 Å². The molecule has 21 heavy (non-hydrogen) atoms. The summed E-state index contributed by atoms with van der Waals surface area (Å²) in [6, 6.07) is 10.3. The molecular weight excluding hydrogens is 270 g/mol. The molecule has 6 heteroatoms. The van der Waals surface area contributed by atoms with E-state index in [4.69, 9.17) is 9.94 Å². The maximum absolute atomic E-state index is 12.2. The molecule has 108 valence electrons. The normalized spacial score (nSPS) is 11.0. The van der Waals surface area contributed by atoms with E-state index in [1.54, 1.807) is 49.5 Å².